The predicted octanol–water partition coefficient (Wildman–Crippen LogP) is 2.66. The van der Waals surface area contributed by atoms with Gasteiger partial charge in [0.2, 0.25) is 0 Å². The molecule has 1 N–H and O–H groups in total. The summed E-state index contributed by atoms with van der Waals surface area (Å²) in [6, 6.07) is 4.59. The number of carbonyl (C=O) groups is 1. The van der Waals surface area contributed by atoms with Crippen LogP contribution in [0.1, 0.15) is 21.6 Å². The molecular weight excluding hydrogens is 359 g/mol. The van der Waals surface area contributed by atoms with Gasteiger partial charge >= 0.3 is 6.18 Å². The van der Waals surface area contributed by atoms with E-state index in [1.165, 1.54) is 13.2 Å². The molecule has 3 heterocycles. The van der Waals surface area contributed by atoms with Gasteiger partial charge in [0.1, 0.15) is 0 Å². The Labute approximate surface area is 152 Å². The van der Waals surface area contributed by atoms with Crippen LogP contribution in [0.15, 0.2) is 43.1 Å². The minimum absolute atomic E-state index is 0.0158. The first kappa shape index (κ1) is 17.3. The molecule has 0 radical (unpaired) electrons. The Bertz CT molecular complexity index is 991. The van der Waals surface area contributed by atoms with Gasteiger partial charge in [0.05, 0.1) is 12.4 Å². The van der Waals surface area contributed by atoms with Crippen LogP contribution in [0.3, 0.4) is 0 Å². The van der Waals surface area contributed by atoms with Crippen LogP contribution in [0.4, 0.5) is 13.2 Å². The molecule has 140 valence electrons. The highest BCUT2D eigenvalue weighted by atomic mass is 19.4. The third kappa shape index (κ3) is 3.20. The quantitative estimate of drug-likeness (QED) is 0.766. The SMILES string of the molecule is Cn1cc(-c2cccc3c2CC(Cn2ccnc2)NC3=O)c(C(F)(F)F)n1. The van der Waals surface area contributed by atoms with Crippen molar-refractivity contribution in [1.29, 1.82) is 0 Å². The van der Waals surface area contributed by atoms with Crippen LogP contribution in [-0.2, 0) is 26.2 Å². The number of hydrogen-bond donors (Lipinski definition) is 1. The zero-order valence-electron chi connectivity index (χ0n) is 14.4. The molecule has 1 aliphatic rings. The molecule has 1 unspecified atom stereocenters. The first-order valence-electron chi connectivity index (χ1n) is 8.32. The third-order valence-electron chi connectivity index (χ3n) is 4.58. The number of carbonyl (C=O) groups excluding carboxylic acids is 1. The number of imidazole rings is 1. The molecule has 0 fully saturated rings. The Morgan fingerprint density at radius 2 is 2.04 bits per heavy atom. The van der Waals surface area contributed by atoms with Gasteiger partial charge < -0.3 is 9.88 Å². The molecule has 2 aromatic heterocycles. The van der Waals surface area contributed by atoms with Crippen LogP contribution in [-0.4, -0.2) is 31.3 Å². The number of nitrogens with zero attached hydrogens (tertiary/aromatic N) is 4. The third-order valence-corrected chi connectivity index (χ3v) is 4.58. The molecule has 9 heteroatoms. The fraction of sp³-hybridized carbons (Fsp3) is 0.278. The van der Waals surface area contributed by atoms with E-state index in [-0.39, 0.29) is 17.5 Å². The summed E-state index contributed by atoms with van der Waals surface area (Å²) in [6.45, 7) is 0.485. The first-order chi connectivity index (χ1) is 12.8. The topological polar surface area (TPSA) is 64.7 Å². The molecule has 1 atom stereocenters. The highest BCUT2D eigenvalue weighted by Crippen LogP contribution is 2.38. The molecule has 0 saturated carbocycles. The van der Waals surface area contributed by atoms with Gasteiger partial charge in [-0.3, -0.25) is 9.48 Å². The number of fused-ring (bicyclic) bond motifs is 1. The van der Waals surface area contributed by atoms with Gasteiger partial charge in [-0.2, -0.15) is 18.3 Å². The fourth-order valence-electron chi connectivity index (χ4n) is 3.49. The van der Waals surface area contributed by atoms with E-state index in [1.54, 1.807) is 36.9 Å². The second kappa shape index (κ2) is 6.26. The Balaban J connectivity index is 1.78. The number of aromatic nitrogens is 4. The van der Waals surface area contributed by atoms with Crippen LogP contribution < -0.4 is 5.32 Å². The summed E-state index contributed by atoms with van der Waals surface area (Å²) in [4.78, 5) is 16.5. The van der Waals surface area contributed by atoms with E-state index in [0.29, 0.717) is 29.7 Å². The monoisotopic (exact) mass is 375 g/mol. The van der Waals surface area contributed by atoms with E-state index in [2.05, 4.69) is 15.4 Å². The molecule has 0 bridgehead atoms. The molecule has 3 aromatic rings. The highest BCUT2D eigenvalue weighted by Gasteiger charge is 2.38. The lowest BCUT2D eigenvalue weighted by Crippen LogP contribution is -2.43. The van der Waals surface area contributed by atoms with Crippen LogP contribution in [0, 0.1) is 0 Å². The summed E-state index contributed by atoms with van der Waals surface area (Å²) >= 11 is 0. The number of halogens is 3. The summed E-state index contributed by atoms with van der Waals surface area (Å²) in [7, 11) is 1.45. The van der Waals surface area contributed by atoms with E-state index in [9.17, 15) is 18.0 Å². The number of amides is 1. The van der Waals surface area contributed by atoms with Gasteiger partial charge in [-0.05, 0) is 23.6 Å². The van der Waals surface area contributed by atoms with Crippen LogP contribution >= 0.6 is 0 Å². The first-order valence-corrected chi connectivity index (χ1v) is 8.32. The highest BCUT2D eigenvalue weighted by molar-refractivity contribution is 5.99. The van der Waals surface area contributed by atoms with Gasteiger partial charge in [0.15, 0.2) is 5.69 Å². The fourth-order valence-corrected chi connectivity index (χ4v) is 3.49. The Morgan fingerprint density at radius 1 is 1.26 bits per heavy atom. The largest absolute Gasteiger partial charge is 0.435 e. The van der Waals surface area contributed by atoms with Crippen molar-refractivity contribution in [2.45, 2.75) is 25.2 Å². The number of nitrogens with one attached hydrogen (secondary N) is 1. The Morgan fingerprint density at radius 3 is 2.74 bits per heavy atom. The summed E-state index contributed by atoms with van der Waals surface area (Å²) in [6.07, 6.45) is 2.23. The van der Waals surface area contributed by atoms with Gasteiger partial charge in [0, 0.05) is 43.3 Å². The van der Waals surface area contributed by atoms with Crippen LogP contribution in [0.2, 0.25) is 0 Å². The normalized spacial score (nSPS) is 16.9. The van der Waals surface area contributed by atoms with Gasteiger partial charge in [-0.25, -0.2) is 4.98 Å². The second-order valence-electron chi connectivity index (χ2n) is 6.53. The molecule has 4 rings (SSSR count). The summed E-state index contributed by atoms with van der Waals surface area (Å²) < 4.78 is 43.2. The zero-order valence-corrected chi connectivity index (χ0v) is 14.4. The molecule has 1 aliphatic heterocycles. The van der Waals surface area contributed by atoms with Crippen LogP contribution in [0.25, 0.3) is 11.1 Å². The predicted molar refractivity (Wildman–Crippen MR) is 90.8 cm³/mol. The van der Waals surface area contributed by atoms with Crippen molar-refractivity contribution in [3.05, 3.63) is 59.9 Å². The number of benzene rings is 1. The molecule has 6 nitrogen and oxygen atoms in total. The molecule has 0 spiro atoms. The van der Waals surface area contributed by atoms with Crippen molar-refractivity contribution in [3.8, 4) is 11.1 Å². The lowest BCUT2D eigenvalue weighted by molar-refractivity contribution is -0.140. The molecular formula is C18H16F3N5O. The Hall–Kier alpha value is -3.10. The van der Waals surface area contributed by atoms with E-state index in [4.69, 9.17) is 0 Å². The van der Waals surface area contributed by atoms with E-state index in [1.807, 2.05) is 4.57 Å². The average Bonchev–Trinajstić information content (AvgIpc) is 3.23. The van der Waals surface area contributed by atoms with Crippen LogP contribution in [0.5, 0.6) is 0 Å². The second-order valence-corrected chi connectivity index (χ2v) is 6.53. The summed E-state index contributed by atoms with van der Waals surface area (Å²) in [5, 5.41) is 6.49. The number of alkyl halides is 3. The zero-order chi connectivity index (χ0) is 19.2. The number of rotatable bonds is 3. The lowest BCUT2D eigenvalue weighted by atomic mass is 9.88. The standard InChI is InChI=1S/C18H16F3N5O/c1-25-9-15(16(24-25)18(19,20)21)12-3-2-4-13-14(12)7-11(23-17(13)27)8-26-6-5-22-10-26/h2-6,9-11H,7-8H2,1H3,(H,23,27). The Kier molecular flexibility index (Phi) is 4.01. The van der Waals surface area contributed by atoms with Crippen molar-refractivity contribution >= 4 is 5.91 Å². The average molecular weight is 375 g/mol. The van der Waals surface area contributed by atoms with E-state index in [0.717, 1.165) is 4.68 Å². The lowest BCUT2D eigenvalue weighted by Gasteiger charge is -2.27. The molecule has 27 heavy (non-hydrogen) atoms. The van der Waals surface area contributed by atoms with E-state index < -0.39 is 11.9 Å². The number of aryl methyl sites for hydroxylation is 1. The van der Waals surface area contributed by atoms with Crippen molar-refractivity contribution in [3.63, 3.8) is 0 Å². The minimum atomic E-state index is -4.58. The molecule has 0 aliphatic carbocycles. The smallest absolute Gasteiger partial charge is 0.347 e. The van der Waals surface area contributed by atoms with Gasteiger partial charge in [0.25, 0.3) is 5.91 Å². The maximum atomic E-state index is 13.4. The molecule has 0 saturated heterocycles. The minimum Gasteiger partial charge on any atom is -0.347 e. The van der Waals surface area contributed by atoms with Crippen molar-refractivity contribution in [2.24, 2.45) is 7.05 Å². The van der Waals surface area contributed by atoms with Crippen molar-refractivity contribution in [2.75, 3.05) is 0 Å². The summed E-state index contributed by atoms with van der Waals surface area (Å²) in [5.41, 5.74) is 0.420. The maximum absolute atomic E-state index is 13.4. The molecule has 1 amide bonds. The number of hydrogen-bond acceptors (Lipinski definition) is 3. The van der Waals surface area contributed by atoms with Crippen molar-refractivity contribution < 1.29 is 18.0 Å². The van der Waals surface area contributed by atoms with Gasteiger partial charge in [-0.1, -0.05) is 12.1 Å². The summed E-state index contributed by atoms with van der Waals surface area (Å²) in [5.74, 6) is -0.291. The van der Waals surface area contributed by atoms with E-state index >= 15 is 0 Å². The van der Waals surface area contributed by atoms with Gasteiger partial charge in [-0.15, -0.1) is 0 Å². The maximum Gasteiger partial charge on any atom is 0.435 e. The van der Waals surface area contributed by atoms with Crippen molar-refractivity contribution in [1.82, 2.24) is 24.6 Å². The molecule has 1 aromatic carbocycles.